The van der Waals surface area contributed by atoms with Crippen molar-refractivity contribution in [3.63, 3.8) is 0 Å². The summed E-state index contributed by atoms with van der Waals surface area (Å²) in [6.07, 6.45) is 5.17. The highest BCUT2D eigenvalue weighted by Crippen LogP contribution is 2.24. The monoisotopic (exact) mass is 439 g/mol. The molecular formula is C25H27F2N3O2. The first-order chi connectivity index (χ1) is 15.6. The van der Waals surface area contributed by atoms with E-state index in [2.05, 4.69) is 9.74 Å². The summed E-state index contributed by atoms with van der Waals surface area (Å²) in [4.78, 5) is 5.53. The van der Waals surface area contributed by atoms with Gasteiger partial charge >= 0.3 is 0 Å². The zero-order valence-corrected chi connectivity index (χ0v) is 18.0. The van der Waals surface area contributed by atoms with Crippen LogP contribution in [0.4, 0.5) is 14.5 Å². The van der Waals surface area contributed by atoms with Crippen molar-refractivity contribution in [1.82, 2.24) is 4.90 Å². The van der Waals surface area contributed by atoms with Gasteiger partial charge in [-0.15, -0.1) is 0 Å². The van der Waals surface area contributed by atoms with E-state index >= 15 is 0 Å². The highest BCUT2D eigenvalue weighted by atomic mass is 19.1. The lowest BCUT2D eigenvalue weighted by Gasteiger charge is -2.32. The van der Waals surface area contributed by atoms with E-state index in [0.29, 0.717) is 30.6 Å². The smallest absolute Gasteiger partial charge is 0.222 e. The second kappa shape index (κ2) is 12.0. The van der Waals surface area contributed by atoms with Crippen LogP contribution in [-0.4, -0.2) is 37.7 Å². The Labute approximate surface area is 188 Å². The third-order valence-electron chi connectivity index (χ3n) is 5.72. The van der Waals surface area contributed by atoms with Crippen LogP contribution in [-0.2, 0) is 0 Å². The summed E-state index contributed by atoms with van der Waals surface area (Å²) in [5, 5.41) is 8.76. The third-order valence-corrected chi connectivity index (χ3v) is 5.72. The van der Waals surface area contributed by atoms with E-state index in [-0.39, 0.29) is 11.3 Å². The minimum absolute atomic E-state index is 0.00920. The predicted molar refractivity (Wildman–Crippen MR) is 118 cm³/mol. The van der Waals surface area contributed by atoms with Crippen LogP contribution in [0.2, 0.25) is 0 Å². The summed E-state index contributed by atoms with van der Waals surface area (Å²) >= 11 is 0. The molecule has 1 fully saturated rings. The van der Waals surface area contributed by atoms with Crippen molar-refractivity contribution < 1.29 is 18.3 Å². The molecule has 1 heterocycles. The second-order valence-electron chi connectivity index (χ2n) is 7.96. The van der Waals surface area contributed by atoms with Crippen LogP contribution in [0.15, 0.2) is 36.4 Å². The van der Waals surface area contributed by atoms with Crippen LogP contribution in [0.25, 0.3) is 4.85 Å². The third kappa shape index (κ3) is 6.93. The Hall–Kier alpha value is -3.16. The lowest BCUT2D eigenvalue weighted by Crippen LogP contribution is -2.35. The van der Waals surface area contributed by atoms with Crippen molar-refractivity contribution in [3.8, 4) is 17.6 Å². The van der Waals surface area contributed by atoms with Crippen molar-refractivity contribution in [1.29, 1.82) is 5.26 Å². The average Bonchev–Trinajstić information content (AvgIpc) is 2.80. The van der Waals surface area contributed by atoms with Gasteiger partial charge in [0.05, 0.1) is 25.3 Å². The molecule has 2 aromatic carbocycles. The van der Waals surface area contributed by atoms with Crippen LogP contribution in [0.1, 0.15) is 37.7 Å². The van der Waals surface area contributed by atoms with Crippen LogP contribution < -0.4 is 9.47 Å². The number of hydrogen-bond acceptors (Lipinski definition) is 4. The van der Waals surface area contributed by atoms with E-state index in [0.717, 1.165) is 51.7 Å². The molecule has 32 heavy (non-hydrogen) atoms. The van der Waals surface area contributed by atoms with Gasteiger partial charge in [-0.05, 0) is 75.4 Å². The van der Waals surface area contributed by atoms with Crippen molar-refractivity contribution in [3.05, 3.63) is 65.0 Å². The van der Waals surface area contributed by atoms with E-state index in [1.54, 1.807) is 18.2 Å². The molecule has 0 N–H and O–H groups in total. The van der Waals surface area contributed by atoms with Gasteiger partial charge in [-0.2, -0.15) is 5.26 Å². The van der Waals surface area contributed by atoms with Gasteiger partial charge in [0.1, 0.15) is 29.2 Å². The summed E-state index contributed by atoms with van der Waals surface area (Å²) in [7, 11) is 0. The lowest BCUT2D eigenvalue weighted by molar-refractivity contribution is 0.161. The van der Waals surface area contributed by atoms with Crippen LogP contribution in [0.5, 0.6) is 11.5 Å². The maximum atomic E-state index is 13.6. The first-order valence-corrected chi connectivity index (χ1v) is 10.9. The molecule has 7 heteroatoms. The molecule has 0 spiro atoms. The standard InChI is InChI=1S/C25H27F2N3O2/c1-29-25-8-7-22(17-24(25)27)32-15-3-11-30-12-9-19(10-13-30)4-2-14-31-21-6-5-20(18-28)23(26)16-21/h5-8,16-17,19H,2-4,9-15H2. The summed E-state index contributed by atoms with van der Waals surface area (Å²) < 4.78 is 38.4. The fourth-order valence-corrected chi connectivity index (χ4v) is 3.88. The molecule has 1 aliphatic rings. The fraction of sp³-hybridized carbons (Fsp3) is 0.440. The lowest BCUT2D eigenvalue weighted by atomic mass is 9.92. The summed E-state index contributed by atoms with van der Waals surface area (Å²) in [5.41, 5.74) is 0.0368. The molecule has 0 aliphatic carbocycles. The van der Waals surface area contributed by atoms with E-state index in [1.165, 1.54) is 24.3 Å². The Kier molecular flexibility index (Phi) is 8.83. The molecule has 0 saturated carbocycles. The number of nitrogens with zero attached hydrogens (tertiary/aromatic N) is 3. The van der Waals surface area contributed by atoms with Gasteiger partial charge in [0.15, 0.2) is 0 Å². The molecule has 2 aromatic rings. The number of benzene rings is 2. The zero-order chi connectivity index (χ0) is 22.8. The molecule has 0 unspecified atom stereocenters. The molecule has 0 atom stereocenters. The summed E-state index contributed by atoms with van der Waals surface area (Å²) in [6, 6.07) is 10.5. The molecular weight excluding hydrogens is 412 g/mol. The Balaban J connectivity index is 1.25. The molecule has 0 bridgehead atoms. The maximum Gasteiger partial charge on any atom is 0.222 e. The Morgan fingerprint density at radius 1 is 1.00 bits per heavy atom. The van der Waals surface area contributed by atoms with Crippen molar-refractivity contribution in [2.45, 2.75) is 32.1 Å². The van der Waals surface area contributed by atoms with Gasteiger partial charge in [0.25, 0.3) is 0 Å². The average molecular weight is 440 g/mol. The molecule has 1 saturated heterocycles. The molecule has 168 valence electrons. The van der Waals surface area contributed by atoms with Gasteiger partial charge in [0.2, 0.25) is 5.69 Å². The molecule has 1 aliphatic heterocycles. The second-order valence-corrected chi connectivity index (χ2v) is 7.96. The SMILES string of the molecule is [C-]#[N+]c1ccc(OCCCN2CCC(CCCOc3ccc(C#N)c(F)c3)CC2)cc1F. The quantitative estimate of drug-likeness (QED) is 0.351. The number of likely N-dealkylation sites (tertiary alicyclic amines) is 1. The van der Waals surface area contributed by atoms with Gasteiger partial charge in [-0.25, -0.2) is 13.6 Å². The largest absolute Gasteiger partial charge is 0.494 e. The highest BCUT2D eigenvalue weighted by Gasteiger charge is 2.18. The van der Waals surface area contributed by atoms with Crippen molar-refractivity contribution >= 4 is 5.69 Å². The number of ether oxygens (including phenoxy) is 2. The summed E-state index contributed by atoms with van der Waals surface area (Å²) in [6.45, 7) is 11.0. The molecule has 3 rings (SSSR count). The number of piperidine rings is 1. The molecule has 0 radical (unpaired) electrons. The molecule has 0 amide bonds. The maximum absolute atomic E-state index is 13.6. The number of halogens is 2. The number of rotatable bonds is 10. The Morgan fingerprint density at radius 2 is 1.66 bits per heavy atom. The Bertz CT molecular complexity index is 897. The van der Waals surface area contributed by atoms with Gasteiger partial charge in [-0.3, -0.25) is 0 Å². The van der Waals surface area contributed by atoms with E-state index in [1.807, 2.05) is 0 Å². The fourth-order valence-electron chi connectivity index (χ4n) is 3.88. The Morgan fingerprint density at radius 3 is 2.28 bits per heavy atom. The van der Waals surface area contributed by atoms with Crippen LogP contribution in [0, 0.1) is 35.5 Å². The van der Waals surface area contributed by atoms with Crippen LogP contribution >= 0.6 is 0 Å². The highest BCUT2D eigenvalue weighted by molar-refractivity contribution is 5.48. The van der Waals surface area contributed by atoms with E-state index in [4.69, 9.17) is 21.3 Å². The van der Waals surface area contributed by atoms with Gasteiger partial charge in [-0.1, -0.05) is 0 Å². The van der Waals surface area contributed by atoms with Crippen LogP contribution in [0.3, 0.4) is 0 Å². The first kappa shape index (κ1) is 23.5. The summed E-state index contributed by atoms with van der Waals surface area (Å²) in [5.74, 6) is 0.498. The molecule has 5 nitrogen and oxygen atoms in total. The zero-order valence-electron chi connectivity index (χ0n) is 18.0. The van der Waals surface area contributed by atoms with Crippen molar-refractivity contribution in [2.24, 2.45) is 5.92 Å². The van der Waals surface area contributed by atoms with E-state index < -0.39 is 11.6 Å². The topological polar surface area (TPSA) is 49.8 Å². The minimum atomic E-state index is -0.548. The first-order valence-electron chi connectivity index (χ1n) is 10.9. The van der Waals surface area contributed by atoms with Gasteiger partial charge < -0.3 is 14.4 Å². The predicted octanol–water partition coefficient (Wildman–Crippen LogP) is 5.73. The van der Waals surface area contributed by atoms with E-state index in [9.17, 15) is 8.78 Å². The number of nitriles is 1. The normalized spacial score (nSPS) is 14.5. The molecule has 0 aromatic heterocycles. The van der Waals surface area contributed by atoms with Gasteiger partial charge in [0, 0.05) is 18.7 Å². The number of hydrogen-bond donors (Lipinski definition) is 0. The van der Waals surface area contributed by atoms with Crippen molar-refractivity contribution in [2.75, 3.05) is 32.8 Å². The minimum Gasteiger partial charge on any atom is -0.494 e.